The minimum atomic E-state index is -0.100. The molecule has 0 radical (unpaired) electrons. The number of benzene rings is 2. The first-order chi connectivity index (χ1) is 8.61. The molecule has 0 saturated heterocycles. The maximum atomic E-state index is 6.13. The predicted octanol–water partition coefficient (Wildman–Crippen LogP) is 4.15. The van der Waals surface area contributed by atoms with E-state index in [0.717, 1.165) is 19.7 Å². The molecular weight excluding hydrogens is 382 g/mol. The lowest BCUT2D eigenvalue weighted by molar-refractivity contribution is 0.637. The molecular formula is C13H11Cl2IN2. The normalized spacial score (nSPS) is 12.4. The summed E-state index contributed by atoms with van der Waals surface area (Å²) in [5.74, 6) is 5.64. The molecule has 0 spiro atoms. The number of hydrogen-bond acceptors (Lipinski definition) is 2. The van der Waals surface area contributed by atoms with Crippen LogP contribution in [-0.2, 0) is 0 Å². The zero-order valence-electron chi connectivity index (χ0n) is 9.33. The fourth-order valence-electron chi connectivity index (χ4n) is 1.73. The van der Waals surface area contributed by atoms with Gasteiger partial charge in [0.15, 0.2) is 0 Å². The first-order valence-corrected chi connectivity index (χ1v) is 7.12. The molecule has 1 unspecified atom stereocenters. The highest BCUT2D eigenvalue weighted by Crippen LogP contribution is 2.27. The van der Waals surface area contributed by atoms with Crippen LogP contribution in [0.15, 0.2) is 42.5 Å². The van der Waals surface area contributed by atoms with E-state index in [-0.39, 0.29) is 6.04 Å². The van der Waals surface area contributed by atoms with E-state index in [0.29, 0.717) is 5.02 Å². The molecule has 0 aliphatic carbocycles. The molecule has 2 aromatic rings. The highest BCUT2D eigenvalue weighted by atomic mass is 127. The molecule has 3 N–H and O–H groups in total. The van der Waals surface area contributed by atoms with Crippen molar-refractivity contribution in [3.63, 3.8) is 0 Å². The largest absolute Gasteiger partial charge is 0.271 e. The monoisotopic (exact) mass is 392 g/mol. The zero-order valence-corrected chi connectivity index (χ0v) is 13.0. The number of nitrogens with two attached hydrogens (primary N) is 1. The second kappa shape index (κ2) is 6.21. The third-order valence-corrected chi connectivity index (χ3v) is 4.47. The van der Waals surface area contributed by atoms with Crippen molar-refractivity contribution in [2.24, 2.45) is 5.84 Å². The first kappa shape index (κ1) is 14.1. The van der Waals surface area contributed by atoms with E-state index in [4.69, 9.17) is 29.0 Å². The molecule has 5 heteroatoms. The van der Waals surface area contributed by atoms with E-state index in [1.165, 1.54) is 0 Å². The Morgan fingerprint density at radius 2 is 1.61 bits per heavy atom. The maximum Gasteiger partial charge on any atom is 0.0710 e. The van der Waals surface area contributed by atoms with E-state index in [2.05, 4.69) is 28.0 Å². The van der Waals surface area contributed by atoms with E-state index < -0.39 is 0 Å². The summed E-state index contributed by atoms with van der Waals surface area (Å²) in [5, 5.41) is 1.43. The summed E-state index contributed by atoms with van der Waals surface area (Å²) in [7, 11) is 0. The fraction of sp³-hybridized carbons (Fsp3) is 0.0769. The second-order valence-corrected chi connectivity index (χ2v) is 5.83. The van der Waals surface area contributed by atoms with Gasteiger partial charge in [-0.05, 0) is 58.0 Å². The van der Waals surface area contributed by atoms with Crippen LogP contribution >= 0.6 is 45.8 Å². The fourth-order valence-corrected chi connectivity index (χ4v) is 2.38. The van der Waals surface area contributed by atoms with Crippen molar-refractivity contribution in [3.8, 4) is 0 Å². The molecule has 0 heterocycles. The van der Waals surface area contributed by atoms with Gasteiger partial charge in [0, 0.05) is 8.59 Å². The standard InChI is InChI=1S/C13H11Cl2IN2/c14-10-4-1-8(2-5-10)13(18-17)9-3-6-12(16)11(15)7-9/h1-7,13,18H,17H2. The Balaban J connectivity index is 2.38. The summed E-state index contributed by atoms with van der Waals surface area (Å²) in [5.41, 5.74) is 4.86. The maximum absolute atomic E-state index is 6.13. The molecule has 1 atom stereocenters. The minimum Gasteiger partial charge on any atom is -0.271 e. The molecule has 0 bridgehead atoms. The first-order valence-electron chi connectivity index (χ1n) is 5.28. The summed E-state index contributed by atoms with van der Waals surface area (Å²) < 4.78 is 1.02. The minimum absolute atomic E-state index is 0.100. The van der Waals surface area contributed by atoms with Crippen LogP contribution in [0.1, 0.15) is 17.2 Å². The molecule has 0 aromatic heterocycles. The Kier molecular flexibility index (Phi) is 4.86. The lowest BCUT2D eigenvalue weighted by Gasteiger charge is -2.17. The van der Waals surface area contributed by atoms with Gasteiger partial charge in [-0.2, -0.15) is 0 Å². The summed E-state index contributed by atoms with van der Waals surface area (Å²) in [6.07, 6.45) is 0. The third kappa shape index (κ3) is 3.16. The van der Waals surface area contributed by atoms with Gasteiger partial charge in [0.05, 0.1) is 11.1 Å². The van der Waals surface area contributed by atoms with Crippen LogP contribution in [-0.4, -0.2) is 0 Å². The van der Waals surface area contributed by atoms with Gasteiger partial charge in [0.2, 0.25) is 0 Å². The van der Waals surface area contributed by atoms with Crippen LogP contribution in [0.25, 0.3) is 0 Å². The Morgan fingerprint density at radius 3 is 2.17 bits per heavy atom. The lowest BCUT2D eigenvalue weighted by atomic mass is 9.99. The van der Waals surface area contributed by atoms with Crippen LogP contribution < -0.4 is 11.3 Å². The van der Waals surface area contributed by atoms with Crippen molar-refractivity contribution >= 4 is 45.8 Å². The molecule has 94 valence electrons. The van der Waals surface area contributed by atoms with E-state index in [1.807, 2.05) is 42.5 Å². The Bertz CT molecular complexity index is 543. The van der Waals surface area contributed by atoms with E-state index in [9.17, 15) is 0 Å². The molecule has 2 nitrogen and oxygen atoms in total. The van der Waals surface area contributed by atoms with Crippen LogP contribution in [0.3, 0.4) is 0 Å². The molecule has 0 aliphatic heterocycles. The molecule has 2 rings (SSSR count). The third-order valence-electron chi connectivity index (χ3n) is 2.65. The molecule has 0 aliphatic rings. The summed E-state index contributed by atoms with van der Waals surface area (Å²) >= 11 is 14.2. The van der Waals surface area contributed by atoms with Crippen LogP contribution in [0.2, 0.25) is 10.0 Å². The average molecular weight is 393 g/mol. The van der Waals surface area contributed by atoms with Crippen molar-refractivity contribution < 1.29 is 0 Å². The average Bonchev–Trinajstić information content (AvgIpc) is 2.37. The molecule has 0 amide bonds. The van der Waals surface area contributed by atoms with Gasteiger partial charge >= 0.3 is 0 Å². The Hall–Kier alpha value is -0.330. The SMILES string of the molecule is NNC(c1ccc(Cl)cc1)c1ccc(I)c(Cl)c1. The second-order valence-electron chi connectivity index (χ2n) is 3.82. The smallest absolute Gasteiger partial charge is 0.0710 e. The molecule has 0 fully saturated rings. The van der Waals surface area contributed by atoms with Gasteiger partial charge in [-0.15, -0.1) is 0 Å². The van der Waals surface area contributed by atoms with Gasteiger partial charge in [-0.1, -0.05) is 41.4 Å². The predicted molar refractivity (Wildman–Crippen MR) is 84.8 cm³/mol. The highest BCUT2D eigenvalue weighted by Gasteiger charge is 2.13. The molecule has 0 saturated carbocycles. The van der Waals surface area contributed by atoms with Crippen LogP contribution in [0, 0.1) is 3.57 Å². The van der Waals surface area contributed by atoms with E-state index >= 15 is 0 Å². The van der Waals surface area contributed by atoms with Gasteiger partial charge in [0.1, 0.15) is 0 Å². The number of halogens is 3. The molecule has 2 aromatic carbocycles. The van der Waals surface area contributed by atoms with Crippen molar-refractivity contribution in [1.82, 2.24) is 5.43 Å². The van der Waals surface area contributed by atoms with E-state index in [1.54, 1.807) is 0 Å². The number of rotatable bonds is 3. The van der Waals surface area contributed by atoms with Crippen molar-refractivity contribution in [1.29, 1.82) is 0 Å². The van der Waals surface area contributed by atoms with Gasteiger partial charge in [0.25, 0.3) is 0 Å². The summed E-state index contributed by atoms with van der Waals surface area (Å²) in [6.45, 7) is 0. The number of hydrogen-bond donors (Lipinski definition) is 2. The molecule has 18 heavy (non-hydrogen) atoms. The summed E-state index contributed by atoms with van der Waals surface area (Å²) in [6, 6.07) is 13.4. The van der Waals surface area contributed by atoms with Crippen molar-refractivity contribution in [3.05, 3.63) is 67.2 Å². The van der Waals surface area contributed by atoms with Crippen molar-refractivity contribution in [2.75, 3.05) is 0 Å². The van der Waals surface area contributed by atoms with Gasteiger partial charge in [-0.3, -0.25) is 5.84 Å². The quantitative estimate of drug-likeness (QED) is 0.467. The Labute approximate surface area is 130 Å². The lowest BCUT2D eigenvalue weighted by Crippen LogP contribution is -2.28. The van der Waals surface area contributed by atoms with Gasteiger partial charge in [-0.25, -0.2) is 5.43 Å². The summed E-state index contributed by atoms with van der Waals surface area (Å²) in [4.78, 5) is 0. The van der Waals surface area contributed by atoms with Crippen LogP contribution in [0.5, 0.6) is 0 Å². The van der Waals surface area contributed by atoms with Crippen LogP contribution in [0.4, 0.5) is 0 Å². The number of nitrogens with one attached hydrogen (secondary N) is 1. The number of hydrazine groups is 1. The topological polar surface area (TPSA) is 38.0 Å². The zero-order chi connectivity index (χ0) is 13.1. The van der Waals surface area contributed by atoms with Gasteiger partial charge < -0.3 is 0 Å². The Morgan fingerprint density at radius 1 is 1.00 bits per heavy atom. The highest BCUT2D eigenvalue weighted by molar-refractivity contribution is 14.1. The van der Waals surface area contributed by atoms with Crippen molar-refractivity contribution in [2.45, 2.75) is 6.04 Å².